The number of rotatable bonds is 5. The Hall–Kier alpha value is -1.43. The van der Waals surface area contributed by atoms with Crippen molar-refractivity contribution in [3.63, 3.8) is 0 Å². The fraction of sp³-hybridized carbons (Fsp3) is 0.500. The zero-order valence-electron chi connectivity index (χ0n) is 9.21. The van der Waals surface area contributed by atoms with E-state index in [0.717, 1.165) is 6.42 Å². The molecular weight excluding hydrogens is 228 g/mol. The molecule has 0 aliphatic heterocycles. The van der Waals surface area contributed by atoms with Crippen LogP contribution in [0.4, 0.5) is 0 Å². The largest absolute Gasteiger partial charge is 0.480 e. The summed E-state index contributed by atoms with van der Waals surface area (Å²) in [6.45, 7) is 3.48. The minimum absolute atomic E-state index is 0.0919. The smallest absolute Gasteiger partial charge is 0.323 e. The molecule has 0 bridgehead atoms. The molecule has 1 aromatic rings. The lowest BCUT2D eigenvalue weighted by molar-refractivity contribution is -0.138. The lowest BCUT2D eigenvalue weighted by Crippen LogP contribution is -2.41. The Morgan fingerprint density at radius 1 is 1.62 bits per heavy atom. The monoisotopic (exact) mass is 242 g/mol. The van der Waals surface area contributed by atoms with E-state index in [-0.39, 0.29) is 18.5 Å². The maximum absolute atomic E-state index is 12.0. The van der Waals surface area contributed by atoms with Crippen LogP contribution >= 0.6 is 11.3 Å². The molecule has 6 heteroatoms. The van der Waals surface area contributed by atoms with Crippen LogP contribution in [0.15, 0.2) is 11.7 Å². The Kier molecular flexibility index (Phi) is 4.42. The van der Waals surface area contributed by atoms with Gasteiger partial charge in [0, 0.05) is 6.04 Å². The van der Waals surface area contributed by atoms with Crippen molar-refractivity contribution in [1.82, 2.24) is 9.88 Å². The third-order valence-corrected chi connectivity index (χ3v) is 3.09. The van der Waals surface area contributed by atoms with Crippen LogP contribution in [0.2, 0.25) is 0 Å². The highest BCUT2D eigenvalue weighted by Gasteiger charge is 2.23. The molecule has 0 saturated heterocycles. The molecule has 0 radical (unpaired) electrons. The summed E-state index contributed by atoms with van der Waals surface area (Å²) in [6, 6.07) is -0.0919. The molecule has 1 atom stereocenters. The van der Waals surface area contributed by atoms with Gasteiger partial charge in [0.1, 0.15) is 11.4 Å². The minimum atomic E-state index is -1.00. The number of nitrogens with zero attached hydrogens (tertiary/aromatic N) is 2. The van der Waals surface area contributed by atoms with Crippen LogP contribution in [-0.2, 0) is 4.79 Å². The number of aliphatic carboxylic acids is 1. The lowest BCUT2D eigenvalue weighted by atomic mass is 10.2. The number of carbonyl (C=O) groups excluding carboxylic acids is 1. The van der Waals surface area contributed by atoms with Gasteiger partial charge in [-0.1, -0.05) is 6.92 Å². The van der Waals surface area contributed by atoms with E-state index in [2.05, 4.69) is 4.98 Å². The molecule has 1 rings (SSSR count). The van der Waals surface area contributed by atoms with Gasteiger partial charge < -0.3 is 10.0 Å². The van der Waals surface area contributed by atoms with Crippen molar-refractivity contribution < 1.29 is 14.7 Å². The van der Waals surface area contributed by atoms with Crippen LogP contribution in [0, 0.1) is 0 Å². The van der Waals surface area contributed by atoms with Crippen molar-refractivity contribution in [2.75, 3.05) is 6.54 Å². The Bertz CT molecular complexity index is 364. The molecule has 1 amide bonds. The summed E-state index contributed by atoms with van der Waals surface area (Å²) >= 11 is 1.22. The standard InChI is InChI=1S/C10H14N2O3S/c1-3-7(2)12(5-9(13)14)10(15)8-4-11-6-16-8/h4,6-7H,3,5H2,1-2H3,(H,13,14). The SMILES string of the molecule is CCC(C)N(CC(=O)O)C(=O)c1cncs1. The topological polar surface area (TPSA) is 70.5 Å². The molecule has 0 aliphatic rings. The summed E-state index contributed by atoms with van der Waals surface area (Å²) in [5, 5.41) is 8.77. The number of hydrogen-bond acceptors (Lipinski definition) is 4. The fourth-order valence-corrected chi connectivity index (χ4v) is 1.83. The highest BCUT2D eigenvalue weighted by molar-refractivity contribution is 7.11. The van der Waals surface area contributed by atoms with Gasteiger partial charge in [-0.25, -0.2) is 0 Å². The van der Waals surface area contributed by atoms with E-state index in [9.17, 15) is 9.59 Å². The van der Waals surface area contributed by atoms with Crippen molar-refractivity contribution in [3.05, 3.63) is 16.6 Å². The first-order valence-electron chi connectivity index (χ1n) is 4.97. The predicted molar refractivity (Wildman–Crippen MR) is 60.5 cm³/mol. The Labute approximate surface area is 97.7 Å². The summed E-state index contributed by atoms with van der Waals surface area (Å²) in [7, 11) is 0. The van der Waals surface area contributed by atoms with Crippen LogP contribution in [-0.4, -0.2) is 39.5 Å². The first kappa shape index (κ1) is 12.6. The number of carbonyl (C=O) groups is 2. The molecule has 0 aliphatic carbocycles. The molecule has 5 nitrogen and oxygen atoms in total. The third kappa shape index (κ3) is 3.03. The van der Waals surface area contributed by atoms with E-state index in [1.54, 1.807) is 5.51 Å². The molecule has 1 N–H and O–H groups in total. The number of carboxylic acids is 1. The third-order valence-electron chi connectivity index (χ3n) is 2.33. The number of amides is 1. The fourth-order valence-electron chi connectivity index (χ4n) is 1.26. The Morgan fingerprint density at radius 3 is 2.75 bits per heavy atom. The summed E-state index contributed by atoms with van der Waals surface area (Å²) in [5.41, 5.74) is 1.56. The average molecular weight is 242 g/mol. The summed E-state index contributed by atoms with van der Waals surface area (Å²) < 4.78 is 0. The maximum atomic E-state index is 12.0. The van der Waals surface area contributed by atoms with Gasteiger partial charge in [0.2, 0.25) is 0 Å². The van der Waals surface area contributed by atoms with Gasteiger partial charge in [-0.2, -0.15) is 0 Å². The molecule has 1 heterocycles. The van der Waals surface area contributed by atoms with Crippen molar-refractivity contribution in [2.45, 2.75) is 26.3 Å². The van der Waals surface area contributed by atoms with Gasteiger partial charge in [0.25, 0.3) is 5.91 Å². The van der Waals surface area contributed by atoms with Gasteiger partial charge in [0.05, 0.1) is 11.7 Å². The molecule has 88 valence electrons. The first-order valence-corrected chi connectivity index (χ1v) is 5.85. The number of aromatic nitrogens is 1. The second-order valence-corrected chi connectivity index (χ2v) is 4.34. The second-order valence-electron chi connectivity index (χ2n) is 3.45. The van der Waals surface area contributed by atoms with Gasteiger partial charge in [-0.3, -0.25) is 14.6 Å². The van der Waals surface area contributed by atoms with Crippen LogP contribution in [0.25, 0.3) is 0 Å². The van der Waals surface area contributed by atoms with E-state index < -0.39 is 5.97 Å². The molecule has 16 heavy (non-hydrogen) atoms. The van der Waals surface area contributed by atoms with Gasteiger partial charge >= 0.3 is 5.97 Å². The normalized spacial score (nSPS) is 12.1. The quantitative estimate of drug-likeness (QED) is 0.848. The number of thiazole rings is 1. The number of hydrogen-bond donors (Lipinski definition) is 1. The van der Waals surface area contributed by atoms with Gasteiger partial charge in [0.15, 0.2) is 0 Å². The Balaban J connectivity index is 2.84. The first-order chi connectivity index (χ1) is 7.56. The van der Waals surface area contributed by atoms with Crippen molar-refractivity contribution >= 4 is 23.2 Å². The summed E-state index contributed by atoms with van der Waals surface area (Å²) in [6.07, 6.45) is 2.18. The lowest BCUT2D eigenvalue weighted by Gasteiger charge is -2.26. The summed E-state index contributed by atoms with van der Waals surface area (Å²) in [5.74, 6) is -1.27. The molecular formula is C10H14N2O3S. The van der Waals surface area contributed by atoms with Crippen molar-refractivity contribution in [1.29, 1.82) is 0 Å². The zero-order valence-corrected chi connectivity index (χ0v) is 10.0. The summed E-state index contributed by atoms with van der Waals surface area (Å²) in [4.78, 5) is 28.3. The minimum Gasteiger partial charge on any atom is -0.480 e. The van der Waals surface area contributed by atoms with E-state index in [1.165, 1.54) is 22.4 Å². The van der Waals surface area contributed by atoms with E-state index in [4.69, 9.17) is 5.11 Å². The van der Waals surface area contributed by atoms with E-state index in [0.29, 0.717) is 4.88 Å². The predicted octanol–water partition coefficient (Wildman–Crippen LogP) is 1.47. The molecule has 1 aromatic heterocycles. The van der Waals surface area contributed by atoms with Crippen LogP contribution in [0.3, 0.4) is 0 Å². The molecule has 1 unspecified atom stereocenters. The molecule has 0 spiro atoms. The number of carboxylic acid groups (broad SMARTS) is 1. The molecule has 0 fully saturated rings. The highest BCUT2D eigenvalue weighted by atomic mass is 32.1. The molecule has 0 aromatic carbocycles. The van der Waals surface area contributed by atoms with E-state index in [1.807, 2.05) is 13.8 Å². The van der Waals surface area contributed by atoms with Crippen molar-refractivity contribution in [3.8, 4) is 0 Å². The van der Waals surface area contributed by atoms with Gasteiger partial charge in [-0.15, -0.1) is 11.3 Å². The van der Waals surface area contributed by atoms with Gasteiger partial charge in [-0.05, 0) is 13.3 Å². The van der Waals surface area contributed by atoms with Crippen LogP contribution in [0.1, 0.15) is 29.9 Å². The zero-order chi connectivity index (χ0) is 12.1. The average Bonchev–Trinajstić information content (AvgIpc) is 2.77. The second kappa shape index (κ2) is 5.60. The van der Waals surface area contributed by atoms with Crippen molar-refractivity contribution in [2.24, 2.45) is 0 Å². The van der Waals surface area contributed by atoms with E-state index >= 15 is 0 Å². The highest BCUT2D eigenvalue weighted by Crippen LogP contribution is 2.13. The van der Waals surface area contributed by atoms with Crippen LogP contribution < -0.4 is 0 Å². The maximum Gasteiger partial charge on any atom is 0.323 e. The molecule has 0 saturated carbocycles. The van der Waals surface area contributed by atoms with Crippen LogP contribution in [0.5, 0.6) is 0 Å². The Morgan fingerprint density at radius 2 is 2.31 bits per heavy atom.